The van der Waals surface area contributed by atoms with Crippen molar-refractivity contribution in [3.05, 3.63) is 87.8 Å². The van der Waals surface area contributed by atoms with Crippen molar-refractivity contribution < 1.29 is 14.3 Å². The molecule has 1 aromatic heterocycles. The van der Waals surface area contributed by atoms with Crippen LogP contribution in [-0.4, -0.2) is 24.7 Å². The van der Waals surface area contributed by atoms with Crippen molar-refractivity contribution in [2.45, 2.75) is 32.7 Å². The Morgan fingerprint density at radius 2 is 1.65 bits per heavy atom. The van der Waals surface area contributed by atoms with Gasteiger partial charge < -0.3 is 19.4 Å². The van der Waals surface area contributed by atoms with E-state index in [9.17, 15) is 9.59 Å². The van der Waals surface area contributed by atoms with E-state index < -0.39 is 5.91 Å². The van der Waals surface area contributed by atoms with E-state index in [0.717, 1.165) is 24.8 Å². The van der Waals surface area contributed by atoms with Crippen LogP contribution in [0.1, 0.15) is 41.3 Å². The maximum Gasteiger partial charge on any atom is 0.263 e. The molecular weight excluding hydrogens is 392 g/mol. The highest BCUT2D eigenvalue weighted by Gasteiger charge is 2.13. The first-order valence-electron chi connectivity index (χ1n) is 10.4. The first-order valence-corrected chi connectivity index (χ1v) is 10.4. The highest BCUT2D eigenvalue weighted by molar-refractivity contribution is 6.03. The molecule has 2 aromatic carbocycles. The number of methoxy groups -OCH3 is 2. The molecule has 1 N–H and O–H groups in total. The fourth-order valence-corrected chi connectivity index (χ4v) is 3.32. The number of benzene rings is 2. The molecule has 0 fully saturated rings. The molecule has 0 radical (unpaired) electrons. The number of unbranched alkanes of at least 4 members (excludes halogenated alkanes) is 1. The number of hydrogen-bond donors (Lipinski definition) is 1. The van der Waals surface area contributed by atoms with Crippen molar-refractivity contribution in [2.24, 2.45) is 0 Å². The third-order valence-electron chi connectivity index (χ3n) is 5.06. The predicted molar refractivity (Wildman–Crippen MR) is 122 cm³/mol. The van der Waals surface area contributed by atoms with E-state index in [2.05, 4.69) is 12.2 Å². The summed E-state index contributed by atoms with van der Waals surface area (Å²) in [6, 6.07) is 16.4. The Bertz CT molecular complexity index is 1070. The van der Waals surface area contributed by atoms with Crippen LogP contribution in [0.4, 0.5) is 5.69 Å². The Morgan fingerprint density at radius 1 is 0.968 bits per heavy atom. The highest BCUT2D eigenvalue weighted by Crippen LogP contribution is 2.23. The second-order valence-electron chi connectivity index (χ2n) is 7.33. The molecule has 0 unspecified atom stereocenters. The van der Waals surface area contributed by atoms with Gasteiger partial charge in [0.25, 0.3) is 11.5 Å². The molecule has 0 atom stereocenters. The molecule has 0 bridgehead atoms. The topological polar surface area (TPSA) is 69.6 Å². The van der Waals surface area contributed by atoms with E-state index in [-0.39, 0.29) is 11.1 Å². The average molecular weight is 421 g/mol. The minimum absolute atomic E-state index is 0.0902. The van der Waals surface area contributed by atoms with Crippen molar-refractivity contribution in [3.8, 4) is 11.5 Å². The lowest BCUT2D eigenvalue weighted by Crippen LogP contribution is -2.29. The van der Waals surface area contributed by atoms with Gasteiger partial charge in [-0.15, -0.1) is 0 Å². The normalized spacial score (nSPS) is 10.5. The van der Waals surface area contributed by atoms with E-state index in [0.29, 0.717) is 23.7 Å². The quantitative estimate of drug-likeness (QED) is 0.553. The molecule has 6 heteroatoms. The molecule has 6 nitrogen and oxygen atoms in total. The molecule has 0 spiro atoms. The predicted octanol–water partition coefficient (Wildman–Crippen LogP) is 4.51. The number of aryl methyl sites for hydroxylation is 1. The van der Waals surface area contributed by atoms with E-state index in [1.165, 1.54) is 16.2 Å². The molecule has 162 valence electrons. The minimum Gasteiger partial charge on any atom is -0.497 e. The monoisotopic (exact) mass is 420 g/mol. The van der Waals surface area contributed by atoms with Gasteiger partial charge in [-0.3, -0.25) is 9.59 Å². The van der Waals surface area contributed by atoms with Gasteiger partial charge in [0, 0.05) is 18.0 Å². The molecule has 0 saturated carbocycles. The molecule has 3 aromatic rings. The fraction of sp³-hybridized carbons (Fsp3) is 0.280. The number of carbonyl (C=O) groups is 1. The van der Waals surface area contributed by atoms with E-state index in [1.54, 1.807) is 32.5 Å². The average Bonchev–Trinajstić information content (AvgIpc) is 2.79. The lowest BCUT2D eigenvalue weighted by Gasteiger charge is -2.11. The fourth-order valence-electron chi connectivity index (χ4n) is 3.32. The molecule has 3 rings (SSSR count). The van der Waals surface area contributed by atoms with Crippen molar-refractivity contribution >= 4 is 11.6 Å². The smallest absolute Gasteiger partial charge is 0.263 e. The van der Waals surface area contributed by atoms with Gasteiger partial charge in [-0.25, -0.2) is 0 Å². The third-order valence-corrected chi connectivity index (χ3v) is 5.06. The molecular formula is C25H28N2O4. The molecule has 0 aliphatic rings. The van der Waals surface area contributed by atoms with Gasteiger partial charge >= 0.3 is 0 Å². The number of hydrogen-bond acceptors (Lipinski definition) is 4. The Kier molecular flexibility index (Phi) is 7.49. The zero-order valence-corrected chi connectivity index (χ0v) is 18.2. The van der Waals surface area contributed by atoms with E-state index in [1.807, 2.05) is 36.4 Å². The zero-order valence-electron chi connectivity index (χ0n) is 18.2. The summed E-state index contributed by atoms with van der Waals surface area (Å²) in [5.74, 6) is 0.848. The summed E-state index contributed by atoms with van der Waals surface area (Å²) in [5.41, 5.74) is 2.46. The number of rotatable bonds is 9. The zero-order chi connectivity index (χ0) is 22.2. The first-order chi connectivity index (χ1) is 15.0. The van der Waals surface area contributed by atoms with E-state index in [4.69, 9.17) is 9.47 Å². The number of nitrogens with one attached hydrogen (secondary N) is 1. The van der Waals surface area contributed by atoms with Gasteiger partial charge in [0.1, 0.15) is 17.1 Å². The summed E-state index contributed by atoms with van der Waals surface area (Å²) in [7, 11) is 3.15. The Morgan fingerprint density at radius 3 is 2.26 bits per heavy atom. The van der Waals surface area contributed by atoms with Crippen molar-refractivity contribution in [1.29, 1.82) is 0 Å². The third kappa shape index (κ3) is 5.75. The van der Waals surface area contributed by atoms with Crippen molar-refractivity contribution in [2.75, 3.05) is 19.5 Å². The number of amides is 1. The molecule has 0 saturated heterocycles. The van der Waals surface area contributed by atoms with Crippen LogP contribution < -0.4 is 20.3 Å². The van der Waals surface area contributed by atoms with Crippen LogP contribution in [0.2, 0.25) is 0 Å². The second kappa shape index (κ2) is 10.5. The van der Waals surface area contributed by atoms with Crippen LogP contribution in [0, 0.1) is 0 Å². The second-order valence-corrected chi connectivity index (χ2v) is 7.33. The molecule has 1 heterocycles. The Labute approximate surface area is 182 Å². The van der Waals surface area contributed by atoms with Crippen molar-refractivity contribution in [3.63, 3.8) is 0 Å². The van der Waals surface area contributed by atoms with Gasteiger partial charge in [0.15, 0.2) is 0 Å². The summed E-state index contributed by atoms with van der Waals surface area (Å²) < 4.78 is 12.1. The molecule has 31 heavy (non-hydrogen) atoms. The lowest BCUT2D eigenvalue weighted by molar-refractivity contribution is 0.102. The summed E-state index contributed by atoms with van der Waals surface area (Å²) in [4.78, 5) is 25.7. The number of pyridine rings is 1. The summed E-state index contributed by atoms with van der Waals surface area (Å²) in [6.45, 7) is 2.45. The summed E-state index contributed by atoms with van der Waals surface area (Å²) in [5, 5.41) is 2.82. The van der Waals surface area contributed by atoms with Crippen LogP contribution >= 0.6 is 0 Å². The lowest BCUT2D eigenvalue weighted by atomic mass is 10.1. The van der Waals surface area contributed by atoms with Crippen LogP contribution in [-0.2, 0) is 13.0 Å². The minimum atomic E-state index is -0.427. The summed E-state index contributed by atoms with van der Waals surface area (Å²) >= 11 is 0. The van der Waals surface area contributed by atoms with Gasteiger partial charge in [0.2, 0.25) is 0 Å². The maximum absolute atomic E-state index is 12.9. The number of aromatic nitrogens is 1. The van der Waals surface area contributed by atoms with Gasteiger partial charge in [0.05, 0.1) is 20.8 Å². The number of carbonyl (C=O) groups excluding carboxylic acids is 1. The number of anilines is 1. The highest BCUT2D eigenvalue weighted by atomic mass is 16.5. The molecule has 0 aliphatic heterocycles. The van der Waals surface area contributed by atoms with Gasteiger partial charge in [-0.2, -0.15) is 0 Å². The van der Waals surface area contributed by atoms with Crippen LogP contribution in [0.15, 0.2) is 65.6 Å². The molecule has 1 amide bonds. The van der Waals surface area contributed by atoms with Crippen LogP contribution in [0.3, 0.4) is 0 Å². The largest absolute Gasteiger partial charge is 0.497 e. The SMILES string of the molecule is CCCCc1ccc(NC(=O)c2cccn(Cc3cc(OC)cc(OC)c3)c2=O)cc1. The number of ether oxygens (including phenoxy) is 2. The van der Waals surface area contributed by atoms with Gasteiger partial charge in [-0.05, 0) is 60.4 Å². The van der Waals surface area contributed by atoms with Crippen molar-refractivity contribution in [1.82, 2.24) is 4.57 Å². The Hall–Kier alpha value is -3.54. The maximum atomic E-state index is 12.9. The van der Waals surface area contributed by atoms with E-state index >= 15 is 0 Å². The Balaban J connectivity index is 1.77. The number of nitrogens with zero attached hydrogens (tertiary/aromatic N) is 1. The standard InChI is InChI=1S/C25H28N2O4/c1-4-5-7-18-9-11-20(12-10-18)26-24(28)23-8-6-13-27(25(23)29)17-19-14-21(30-2)16-22(15-19)31-3/h6,8-16H,4-5,7,17H2,1-3H3,(H,26,28). The van der Waals surface area contributed by atoms with Crippen LogP contribution in [0.25, 0.3) is 0 Å². The molecule has 0 aliphatic carbocycles. The first kappa shape index (κ1) is 22.2. The van der Waals surface area contributed by atoms with Crippen LogP contribution in [0.5, 0.6) is 11.5 Å². The van der Waals surface area contributed by atoms with Gasteiger partial charge in [-0.1, -0.05) is 25.5 Å². The summed E-state index contributed by atoms with van der Waals surface area (Å²) in [6.07, 6.45) is 4.95.